The predicted octanol–water partition coefficient (Wildman–Crippen LogP) is 4.28. The Kier molecular flexibility index (Phi) is 6.44. The molecule has 0 bridgehead atoms. The third kappa shape index (κ3) is 4.54. The van der Waals surface area contributed by atoms with Crippen molar-refractivity contribution in [3.05, 3.63) is 64.2 Å². The first kappa shape index (κ1) is 21.5. The number of rotatable bonds is 6. The quantitative estimate of drug-likeness (QED) is 0.767. The van der Waals surface area contributed by atoms with Gasteiger partial charge < -0.3 is 5.32 Å². The van der Waals surface area contributed by atoms with Crippen molar-refractivity contribution in [2.45, 2.75) is 57.9 Å². The van der Waals surface area contributed by atoms with Crippen molar-refractivity contribution in [3.8, 4) is 0 Å². The van der Waals surface area contributed by atoms with Crippen LogP contribution in [0.3, 0.4) is 0 Å². The minimum absolute atomic E-state index is 0.122. The summed E-state index contributed by atoms with van der Waals surface area (Å²) < 4.78 is 27.5. The molecular weight excluding hydrogens is 384 g/mol. The monoisotopic (exact) mass is 414 g/mol. The van der Waals surface area contributed by atoms with E-state index < -0.39 is 10.0 Å². The Morgan fingerprint density at radius 1 is 1.03 bits per heavy atom. The van der Waals surface area contributed by atoms with Crippen molar-refractivity contribution in [1.29, 1.82) is 0 Å². The van der Waals surface area contributed by atoms with Gasteiger partial charge in [-0.25, -0.2) is 8.42 Å². The van der Waals surface area contributed by atoms with Crippen LogP contribution in [0.1, 0.15) is 64.8 Å². The smallest absolute Gasteiger partial charge is 0.251 e. The largest absolute Gasteiger partial charge is 0.345 e. The minimum atomic E-state index is -3.57. The van der Waals surface area contributed by atoms with Crippen molar-refractivity contribution in [3.63, 3.8) is 0 Å². The van der Waals surface area contributed by atoms with Gasteiger partial charge in [0.05, 0.1) is 10.9 Å². The summed E-state index contributed by atoms with van der Waals surface area (Å²) in [5.74, 6) is -0.255. The highest BCUT2D eigenvalue weighted by atomic mass is 32.2. The molecule has 1 heterocycles. The minimum Gasteiger partial charge on any atom is -0.345 e. The summed E-state index contributed by atoms with van der Waals surface area (Å²) in [6.45, 7) is 8.98. The van der Waals surface area contributed by atoms with Gasteiger partial charge in [0.2, 0.25) is 10.0 Å². The fourth-order valence-electron chi connectivity index (χ4n) is 3.94. The number of nitrogens with zero attached hydrogens (tertiary/aromatic N) is 1. The maximum Gasteiger partial charge on any atom is 0.251 e. The molecule has 1 saturated heterocycles. The van der Waals surface area contributed by atoms with Gasteiger partial charge >= 0.3 is 0 Å². The third-order valence-corrected chi connectivity index (χ3v) is 7.69. The predicted molar refractivity (Wildman–Crippen MR) is 116 cm³/mol. The van der Waals surface area contributed by atoms with Gasteiger partial charge in [-0.1, -0.05) is 36.8 Å². The molecule has 29 heavy (non-hydrogen) atoms. The number of carbonyl (C=O) groups excluding carboxylic acids is 1. The van der Waals surface area contributed by atoms with Crippen LogP contribution in [0.25, 0.3) is 0 Å². The Morgan fingerprint density at radius 3 is 2.34 bits per heavy atom. The maximum atomic E-state index is 13.0. The first-order chi connectivity index (χ1) is 13.7. The Balaban J connectivity index is 1.87. The average molecular weight is 415 g/mol. The van der Waals surface area contributed by atoms with Gasteiger partial charge in [0.1, 0.15) is 0 Å². The van der Waals surface area contributed by atoms with Crippen LogP contribution in [0, 0.1) is 20.8 Å². The molecule has 2 aromatic rings. The van der Waals surface area contributed by atoms with E-state index in [4.69, 9.17) is 0 Å². The number of amides is 1. The number of hydrogen-bond donors (Lipinski definition) is 1. The van der Waals surface area contributed by atoms with Crippen LogP contribution in [0.4, 0.5) is 0 Å². The van der Waals surface area contributed by atoms with Crippen LogP contribution in [0.15, 0.2) is 41.3 Å². The molecule has 0 aliphatic carbocycles. The van der Waals surface area contributed by atoms with Crippen LogP contribution in [-0.2, 0) is 10.0 Å². The zero-order valence-electron chi connectivity index (χ0n) is 17.7. The first-order valence-corrected chi connectivity index (χ1v) is 11.7. The fraction of sp³-hybridized carbons (Fsp3) is 0.435. The number of hydrogen-bond acceptors (Lipinski definition) is 3. The molecule has 1 atom stereocenters. The van der Waals surface area contributed by atoms with E-state index in [9.17, 15) is 13.2 Å². The van der Waals surface area contributed by atoms with Crippen molar-refractivity contribution in [2.24, 2.45) is 0 Å². The lowest BCUT2D eigenvalue weighted by Gasteiger charge is -2.21. The molecular formula is C23H30N2O3S. The highest BCUT2D eigenvalue weighted by molar-refractivity contribution is 7.89. The third-order valence-electron chi connectivity index (χ3n) is 5.65. The molecule has 0 unspecified atom stereocenters. The van der Waals surface area contributed by atoms with Gasteiger partial charge in [-0.3, -0.25) is 4.79 Å². The fourth-order valence-corrected chi connectivity index (χ4v) is 5.71. The number of carbonyl (C=O) groups is 1. The summed E-state index contributed by atoms with van der Waals surface area (Å²) in [5, 5.41) is 3.08. The van der Waals surface area contributed by atoms with E-state index >= 15 is 0 Å². The van der Waals surface area contributed by atoms with E-state index in [-0.39, 0.29) is 16.8 Å². The van der Waals surface area contributed by atoms with Crippen LogP contribution < -0.4 is 5.32 Å². The Morgan fingerprint density at radius 2 is 1.72 bits per heavy atom. The Hall–Kier alpha value is -2.18. The summed E-state index contributed by atoms with van der Waals surface area (Å²) in [6, 6.07) is 11.0. The SMILES string of the molecule is CC[C@@H](NC(=O)c1ccc(C)c(S(=O)(=O)N2CCCC2)c1)c1ccc(C)cc1C. The molecule has 0 spiro atoms. The Bertz CT molecular complexity index is 1010. The number of benzene rings is 2. The summed E-state index contributed by atoms with van der Waals surface area (Å²) >= 11 is 0. The number of sulfonamides is 1. The molecule has 1 aliphatic heterocycles. The van der Waals surface area contributed by atoms with Crippen LogP contribution in [0.2, 0.25) is 0 Å². The number of nitrogens with one attached hydrogen (secondary N) is 1. The van der Waals surface area contributed by atoms with E-state index in [0.29, 0.717) is 24.2 Å². The van der Waals surface area contributed by atoms with E-state index in [1.807, 2.05) is 26.8 Å². The van der Waals surface area contributed by atoms with Crippen molar-refractivity contribution < 1.29 is 13.2 Å². The molecule has 1 fully saturated rings. The van der Waals surface area contributed by atoms with Crippen LogP contribution in [-0.4, -0.2) is 31.7 Å². The second-order valence-electron chi connectivity index (χ2n) is 7.89. The van der Waals surface area contributed by atoms with Gasteiger partial charge in [-0.05, 0) is 68.9 Å². The molecule has 1 N–H and O–H groups in total. The van der Waals surface area contributed by atoms with Crippen LogP contribution in [0.5, 0.6) is 0 Å². The topological polar surface area (TPSA) is 66.5 Å². The normalized spacial score (nSPS) is 16.0. The second-order valence-corrected chi connectivity index (χ2v) is 9.79. The summed E-state index contributed by atoms with van der Waals surface area (Å²) in [7, 11) is -3.57. The van der Waals surface area contributed by atoms with E-state index in [2.05, 4.69) is 17.4 Å². The van der Waals surface area contributed by atoms with Gasteiger partial charge in [0.15, 0.2) is 0 Å². The highest BCUT2D eigenvalue weighted by Gasteiger charge is 2.29. The van der Waals surface area contributed by atoms with Gasteiger partial charge in [0, 0.05) is 18.7 Å². The lowest BCUT2D eigenvalue weighted by Crippen LogP contribution is -2.30. The zero-order chi connectivity index (χ0) is 21.2. The number of aryl methyl sites for hydroxylation is 3. The van der Waals surface area contributed by atoms with Gasteiger partial charge in [0.25, 0.3) is 5.91 Å². The molecule has 2 aromatic carbocycles. The van der Waals surface area contributed by atoms with E-state index in [1.165, 1.54) is 15.9 Å². The lowest BCUT2D eigenvalue weighted by molar-refractivity contribution is 0.0935. The molecule has 5 nitrogen and oxygen atoms in total. The van der Waals surface area contributed by atoms with Crippen molar-refractivity contribution >= 4 is 15.9 Å². The molecule has 0 aromatic heterocycles. The summed E-state index contributed by atoms with van der Waals surface area (Å²) in [6.07, 6.45) is 2.51. The highest BCUT2D eigenvalue weighted by Crippen LogP contribution is 2.26. The summed E-state index contributed by atoms with van der Waals surface area (Å²) in [5.41, 5.74) is 4.44. The molecule has 0 saturated carbocycles. The van der Waals surface area contributed by atoms with Crippen molar-refractivity contribution in [2.75, 3.05) is 13.1 Å². The molecule has 156 valence electrons. The standard InChI is InChI=1S/C23H30N2O3S/c1-5-21(20-11-8-16(2)14-18(20)4)24-23(26)19-10-9-17(3)22(15-19)29(27,28)25-12-6-7-13-25/h8-11,14-15,21H,5-7,12-13H2,1-4H3,(H,24,26)/t21-/m1/s1. The van der Waals surface area contributed by atoms with Crippen LogP contribution >= 0.6 is 0 Å². The van der Waals surface area contributed by atoms with E-state index in [1.54, 1.807) is 19.1 Å². The zero-order valence-corrected chi connectivity index (χ0v) is 18.5. The molecule has 1 amide bonds. The molecule has 3 rings (SSSR count). The average Bonchev–Trinajstić information content (AvgIpc) is 3.22. The molecule has 1 aliphatic rings. The van der Waals surface area contributed by atoms with Gasteiger partial charge in [-0.2, -0.15) is 4.31 Å². The molecule has 0 radical (unpaired) electrons. The second kappa shape index (κ2) is 8.67. The summed E-state index contributed by atoms with van der Waals surface area (Å²) in [4.78, 5) is 13.2. The Labute approximate surface area is 174 Å². The van der Waals surface area contributed by atoms with E-state index in [0.717, 1.165) is 30.4 Å². The maximum absolute atomic E-state index is 13.0. The lowest BCUT2D eigenvalue weighted by atomic mass is 9.97. The molecule has 6 heteroatoms. The van der Waals surface area contributed by atoms with Crippen molar-refractivity contribution in [1.82, 2.24) is 9.62 Å². The first-order valence-electron chi connectivity index (χ1n) is 10.2. The van der Waals surface area contributed by atoms with Gasteiger partial charge in [-0.15, -0.1) is 0 Å².